The molecule has 0 rings (SSSR count). The second kappa shape index (κ2) is 5.70. The number of aliphatic hydroxyl groups excluding tert-OH is 1. The lowest BCUT2D eigenvalue weighted by Gasteiger charge is -2.29. The van der Waals surface area contributed by atoms with Gasteiger partial charge in [-0.2, -0.15) is 0 Å². The molecule has 0 bridgehead atoms. The van der Waals surface area contributed by atoms with Crippen LogP contribution in [0.25, 0.3) is 0 Å². The third-order valence-electron chi connectivity index (χ3n) is 2.30. The van der Waals surface area contributed by atoms with Crippen LogP contribution in [0.3, 0.4) is 0 Å². The molecule has 0 aromatic carbocycles. The minimum Gasteiger partial charge on any atom is -0.481 e. The number of rotatable bonds is 6. The molecule has 0 aliphatic carbocycles. The van der Waals surface area contributed by atoms with Crippen LogP contribution in [-0.4, -0.2) is 33.7 Å². The molecular weight excluding hydrogens is 198 g/mol. The molecule has 0 saturated heterocycles. The second-order valence-corrected chi connectivity index (χ2v) is 4.19. The van der Waals surface area contributed by atoms with Crippen LogP contribution in [0.1, 0.15) is 40.0 Å². The summed E-state index contributed by atoms with van der Waals surface area (Å²) in [4.78, 5) is 21.5. The number of aliphatic carboxylic acids is 1. The molecule has 0 spiro atoms. The van der Waals surface area contributed by atoms with Crippen molar-refractivity contribution in [3.63, 3.8) is 0 Å². The van der Waals surface area contributed by atoms with Crippen molar-refractivity contribution in [1.29, 1.82) is 0 Å². The Kier molecular flexibility index (Phi) is 5.28. The first-order chi connectivity index (χ1) is 6.75. The summed E-state index contributed by atoms with van der Waals surface area (Å²) in [6, 6.07) is 0. The molecule has 0 aliphatic heterocycles. The van der Waals surface area contributed by atoms with Gasteiger partial charge in [-0.15, -0.1) is 0 Å². The molecule has 0 aromatic rings. The Labute approximate surface area is 89.5 Å². The summed E-state index contributed by atoms with van der Waals surface area (Å²) < 4.78 is 0. The fourth-order valence-corrected chi connectivity index (χ4v) is 0.926. The highest BCUT2D eigenvalue weighted by atomic mass is 16.4. The monoisotopic (exact) mass is 217 g/mol. The molecule has 5 nitrogen and oxygen atoms in total. The Hall–Kier alpha value is -1.10. The lowest BCUT2D eigenvalue weighted by Crippen LogP contribution is -2.50. The Morgan fingerprint density at radius 3 is 2.27 bits per heavy atom. The zero-order valence-electron chi connectivity index (χ0n) is 9.41. The smallest absolute Gasteiger partial charge is 0.303 e. The van der Waals surface area contributed by atoms with E-state index in [-0.39, 0.29) is 18.7 Å². The van der Waals surface area contributed by atoms with Crippen LogP contribution >= 0.6 is 0 Å². The first-order valence-corrected chi connectivity index (χ1v) is 4.96. The first-order valence-electron chi connectivity index (χ1n) is 4.96. The lowest BCUT2D eigenvalue weighted by atomic mass is 9.98. The van der Waals surface area contributed by atoms with Crippen molar-refractivity contribution < 1.29 is 19.8 Å². The summed E-state index contributed by atoms with van der Waals surface area (Å²) in [5.41, 5.74) is -0.680. The number of carbonyl (C=O) groups is 2. The maximum atomic E-state index is 11.3. The number of carboxylic acids is 1. The second-order valence-electron chi connectivity index (χ2n) is 4.19. The maximum Gasteiger partial charge on any atom is 0.303 e. The number of amides is 1. The van der Waals surface area contributed by atoms with E-state index in [1.807, 2.05) is 0 Å². The van der Waals surface area contributed by atoms with E-state index in [0.717, 1.165) is 0 Å². The van der Waals surface area contributed by atoms with Crippen molar-refractivity contribution in [3.05, 3.63) is 0 Å². The zero-order valence-corrected chi connectivity index (χ0v) is 9.41. The van der Waals surface area contributed by atoms with Gasteiger partial charge < -0.3 is 15.5 Å². The number of nitrogens with one attached hydrogen (secondary N) is 1. The Morgan fingerprint density at radius 1 is 1.33 bits per heavy atom. The molecule has 1 amide bonds. The summed E-state index contributed by atoms with van der Waals surface area (Å²) >= 11 is 0. The predicted molar refractivity (Wildman–Crippen MR) is 55.4 cm³/mol. The van der Waals surface area contributed by atoms with Crippen LogP contribution < -0.4 is 5.32 Å². The van der Waals surface area contributed by atoms with Gasteiger partial charge in [0.25, 0.3) is 0 Å². The molecule has 0 aromatic heterocycles. The summed E-state index contributed by atoms with van der Waals surface area (Å²) in [5.74, 6) is -1.14. The van der Waals surface area contributed by atoms with Crippen LogP contribution in [0.5, 0.6) is 0 Å². The summed E-state index contributed by atoms with van der Waals surface area (Å²) in [7, 11) is 0. The summed E-state index contributed by atoms with van der Waals surface area (Å²) in [5, 5.41) is 20.4. The van der Waals surface area contributed by atoms with E-state index in [2.05, 4.69) is 5.32 Å². The molecule has 0 heterocycles. The van der Waals surface area contributed by atoms with Gasteiger partial charge in [0.05, 0.1) is 11.6 Å². The standard InChI is InChI=1S/C10H19NO4/c1-7(12)10(2,3)11-8(13)5-4-6-9(14)15/h7,12H,4-6H2,1-3H3,(H,11,13)(H,14,15). The van der Waals surface area contributed by atoms with Crippen molar-refractivity contribution in [3.8, 4) is 0 Å². The van der Waals surface area contributed by atoms with Crippen LogP contribution in [0.2, 0.25) is 0 Å². The van der Waals surface area contributed by atoms with Crippen LogP contribution in [0.4, 0.5) is 0 Å². The third-order valence-corrected chi connectivity index (χ3v) is 2.30. The van der Waals surface area contributed by atoms with Gasteiger partial charge >= 0.3 is 5.97 Å². The van der Waals surface area contributed by atoms with Crippen LogP contribution in [0, 0.1) is 0 Å². The average Bonchev–Trinajstić information content (AvgIpc) is 2.01. The maximum absolute atomic E-state index is 11.3. The predicted octanol–water partition coefficient (Wildman–Crippen LogP) is 0.517. The molecule has 0 saturated carbocycles. The molecular formula is C10H19NO4. The number of carboxylic acid groups (broad SMARTS) is 1. The molecule has 3 N–H and O–H groups in total. The van der Waals surface area contributed by atoms with E-state index in [4.69, 9.17) is 5.11 Å². The van der Waals surface area contributed by atoms with Gasteiger partial charge in [-0.05, 0) is 27.2 Å². The Morgan fingerprint density at radius 2 is 1.87 bits per heavy atom. The van der Waals surface area contributed by atoms with Crippen molar-refractivity contribution in [1.82, 2.24) is 5.32 Å². The van der Waals surface area contributed by atoms with E-state index >= 15 is 0 Å². The number of hydrogen-bond acceptors (Lipinski definition) is 3. The molecule has 0 radical (unpaired) electrons. The molecule has 88 valence electrons. The largest absolute Gasteiger partial charge is 0.481 e. The van der Waals surface area contributed by atoms with Crippen LogP contribution in [0.15, 0.2) is 0 Å². The van der Waals surface area contributed by atoms with Gasteiger partial charge in [0.15, 0.2) is 0 Å². The Balaban J connectivity index is 3.88. The molecule has 0 aliphatic rings. The average molecular weight is 217 g/mol. The van der Waals surface area contributed by atoms with E-state index in [0.29, 0.717) is 6.42 Å². The third kappa shape index (κ3) is 6.06. The van der Waals surface area contributed by atoms with Gasteiger partial charge in [-0.1, -0.05) is 0 Å². The topological polar surface area (TPSA) is 86.6 Å². The highest BCUT2D eigenvalue weighted by molar-refractivity contribution is 5.77. The van der Waals surface area contributed by atoms with Crippen molar-refractivity contribution in [2.45, 2.75) is 51.7 Å². The highest BCUT2D eigenvalue weighted by Crippen LogP contribution is 2.09. The quantitative estimate of drug-likeness (QED) is 0.605. The molecule has 1 atom stereocenters. The molecule has 1 unspecified atom stereocenters. The molecule has 15 heavy (non-hydrogen) atoms. The van der Waals surface area contributed by atoms with Crippen molar-refractivity contribution in [2.24, 2.45) is 0 Å². The summed E-state index contributed by atoms with van der Waals surface area (Å²) in [6.07, 6.45) is -0.178. The summed E-state index contributed by atoms with van der Waals surface area (Å²) in [6.45, 7) is 5.02. The number of carbonyl (C=O) groups excluding carboxylic acids is 1. The zero-order chi connectivity index (χ0) is 12.1. The van der Waals surface area contributed by atoms with Gasteiger partial charge in [0.1, 0.15) is 0 Å². The first kappa shape index (κ1) is 13.9. The SMILES string of the molecule is CC(O)C(C)(C)NC(=O)CCCC(=O)O. The minimum atomic E-state index is -0.905. The van der Waals surface area contributed by atoms with Gasteiger partial charge in [-0.3, -0.25) is 9.59 Å². The molecule has 5 heteroatoms. The van der Waals surface area contributed by atoms with Gasteiger partial charge in [0.2, 0.25) is 5.91 Å². The van der Waals surface area contributed by atoms with Crippen LogP contribution in [-0.2, 0) is 9.59 Å². The minimum absolute atomic E-state index is 0.0114. The van der Waals surface area contributed by atoms with E-state index in [1.165, 1.54) is 0 Å². The van der Waals surface area contributed by atoms with Gasteiger partial charge in [0, 0.05) is 12.8 Å². The van der Waals surface area contributed by atoms with E-state index in [1.54, 1.807) is 20.8 Å². The van der Waals surface area contributed by atoms with E-state index < -0.39 is 17.6 Å². The lowest BCUT2D eigenvalue weighted by molar-refractivity contribution is -0.137. The van der Waals surface area contributed by atoms with Crippen molar-refractivity contribution >= 4 is 11.9 Å². The van der Waals surface area contributed by atoms with Gasteiger partial charge in [-0.25, -0.2) is 0 Å². The normalized spacial score (nSPS) is 13.3. The Bertz CT molecular complexity index is 236. The number of aliphatic hydroxyl groups is 1. The van der Waals surface area contributed by atoms with Crippen molar-refractivity contribution in [2.75, 3.05) is 0 Å². The fourth-order valence-electron chi connectivity index (χ4n) is 0.926. The number of hydrogen-bond donors (Lipinski definition) is 3. The highest BCUT2D eigenvalue weighted by Gasteiger charge is 2.25. The fraction of sp³-hybridized carbons (Fsp3) is 0.800. The van der Waals surface area contributed by atoms with E-state index in [9.17, 15) is 14.7 Å². The molecule has 0 fully saturated rings.